The molecule has 0 unspecified atom stereocenters. The molecule has 0 fully saturated rings. The van der Waals surface area contributed by atoms with Gasteiger partial charge in [0.2, 0.25) is 5.82 Å². The number of hydrogen-bond acceptors (Lipinski definition) is 4. The Bertz CT molecular complexity index is 725. The number of carbonyl (C=O) groups excluding carboxylic acids is 1. The third-order valence-electron chi connectivity index (χ3n) is 3.63. The van der Waals surface area contributed by atoms with Gasteiger partial charge in [-0.1, -0.05) is 0 Å². The number of amides is 1. The maximum atomic E-state index is 12.8. The number of carbonyl (C=O) groups is 1. The van der Waals surface area contributed by atoms with Crippen molar-refractivity contribution >= 4 is 5.91 Å². The van der Waals surface area contributed by atoms with Crippen molar-refractivity contribution in [2.45, 2.75) is 19.3 Å². The highest BCUT2D eigenvalue weighted by Gasteiger charge is 2.39. The first-order valence-corrected chi connectivity index (χ1v) is 6.83. The van der Waals surface area contributed by atoms with Crippen molar-refractivity contribution in [1.29, 1.82) is 0 Å². The average molecular weight is 326 g/mol. The molecule has 0 saturated carbocycles. The zero-order valence-corrected chi connectivity index (χ0v) is 12.2. The average Bonchev–Trinajstić information content (AvgIpc) is 2.97. The minimum absolute atomic E-state index is 0.00601. The van der Waals surface area contributed by atoms with Gasteiger partial charge >= 0.3 is 6.18 Å². The summed E-state index contributed by atoms with van der Waals surface area (Å²) in [6, 6.07) is 6.53. The van der Waals surface area contributed by atoms with Gasteiger partial charge in [0, 0.05) is 18.7 Å². The van der Waals surface area contributed by atoms with Gasteiger partial charge in [-0.3, -0.25) is 4.79 Å². The van der Waals surface area contributed by atoms with Gasteiger partial charge in [0.05, 0.1) is 13.7 Å². The molecule has 0 atom stereocenters. The molecule has 9 heteroatoms. The van der Waals surface area contributed by atoms with E-state index in [-0.39, 0.29) is 31.4 Å². The minimum atomic E-state index is -4.55. The summed E-state index contributed by atoms with van der Waals surface area (Å²) in [5.74, 6) is -0.542. The van der Waals surface area contributed by atoms with Crippen LogP contribution in [0.25, 0.3) is 0 Å². The predicted octanol–water partition coefficient (Wildman–Crippen LogP) is 1.96. The van der Waals surface area contributed by atoms with Gasteiger partial charge in [-0.25, -0.2) is 0 Å². The second-order valence-electron chi connectivity index (χ2n) is 5.04. The van der Waals surface area contributed by atoms with Gasteiger partial charge in [-0.2, -0.15) is 13.2 Å². The van der Waals surface area contributed by atoms with Crippen LogP contribution in [-0.4, -0.2) is 39.2 Å². The highest BCUT2D eigenvalue weighted by Crippen LogP contribution is 2.29. The van der Waals surface area contributed by atoms with Crippen molar-refractivity contribution in [3.8, 4) is 5.75 Å². The van der Waals surface area contributed by atoms with Gasteiger partial charge in [0.1, 0.15) is 5.75 Å². The Labute approximate surface area is 129 Å². The molecular formula is C14H13F3N4O2. The number of ether oxygens (including phenoxy) is 1. The van der Waals surface area contributed by atoms with Crippen LogP contribution >= 0.6 is 0 Å². The van der Waals surface area contributed by atoms with E-state index >= 15 is 0 Å². The van der Waals surface area contributed by atoms with E-state index in [2.05, 4.69) is 10.2 Å². The monoisotopic (exact) mass is 326 g/mol. The summed E-state index contributed by atoms with van der Waals surface area (Å²) in [6.07, 6.45) is -4.55. The second kappa shape index (κ2) is 5.56. The summed E-state index contributed by atoms with van der Waals surface area (Å²) in [7, 11) is 1.52. The lowest BCUT2D eigenvalue weighted by molar-refractivity contribution is -0.147. The number of methoxy groups -OCH3 is 1. The molecule has 1 aliphatic rings. The van der Waals surface area contributed by atoms with Gasteiger partial charge in [-0.05, 0) is 24.3 Å². The summed E-state index contributed by atoms with van der Waals surface area (Å²) in [5, 5.41) is 6.75. The summed E-state index contributed by atoms with van der Waals surface area (Å²) < 4.78 is 44.4. The van der Waals surface area contributed by atoms with Crippen LogP contribution in [0.3, 0.4) is 0 Å². The largest absolute Gasteiger partial charge is 0.497 e. The molecule has 6 nitrogen and oxygen atoms in total. The molecule has 122 valence electrons. The third kappa shape index (κ3) is 2.86. The van der Waals surface area contributed by atoms with Crippen molar-refractivity contribution in [2.24, 2.45) is 0 Å². The van der Waals surface area contributed by atoms with E-state index in [9.17, 15) is 18.0 Å². The van der Waals surface area contributed by atoms with Crippen LogP contribution in [0.2, 0.25) is 0 Å². The Balaban J connectivity index is 1.79. The molecule has 23 heavy (non-hydrogen) atoms. The van der Waals surface area contributed by atoms with Crippen LogP contribution in [-0.2, 0) is 19.3 Å². The Morgan fingerprint density at radius 1 is 1.17 bits per heavy atom. The molecule has 1 aromatic heterocycles. The molecule has 1 aliphatic heterocycles. The summed E-state index contributed by atoms with van der Waals surface area (Å²) >= 11 is 0. The number of aromatic nitrogens is 3. The van der Waals surface area contributed by atoms with Crippen LogP contribution in [0.15, 0.2) is 24.3 Å². The molecule has 2 aromatic rings. The number of halogens is 3. The molecular weight excluding hydrogens is 313 g/mol. The summed E-state index contributed by atoms with van der Waals surface area (Å²) in [4.78, 5) is 13.9. The van der Waals surface area contributed by atoms with E-state index in [1.165, 1.54) is 12.0 Å². The van der Waals surface area contributed by atoms with Crippen molar-refractivity contribution in [3.05, 3.63) is 41.5 Å². The first kappa shape index (κ1) is 15.3. The highest BCUT2D eigenvalue weighted by atomic mass is 19.4. The first-order chi connectivity index (χ1) is 10.9. The van der Waals surface area contributed by atoms with Crippen LogP contribution in [0.5, 0.6) is 5.75 Å². The third-order valence-corrected chi connectivity index (χ3v) is 3.63. The highest BCUT2D eigenvalue weighted by molar-refractivity contribution is 5.94. The SMILES string of the molecule is COc1ccc(C(=O)N2CCn3c(nnc3C(F)(F)F)C2)cc1. The van der Waals surface area contributed by atoms with Gasteiger partial charge in [0.25, 0.3) is 5.91 Å². The zero-order valence-electron chi connectivity index (χ0n) is 12.2. The lowest BCUT2D eigenvalue weighted by Crippen LogP contribution is -2.39. The smallest absolute Gasteiger partial charge is 0.451 e. The Morgan fingerprint density at radius 3 is 2.48 bits per heavy atom. The van der Waals surface area contributed by atoms with Crippen LogP contribution in [0, 0.1) is 0 Å². The molecule has 0 radical (unpaired) electrons. The van der Waals surface area contributed by atoms with E-state index in [4.69, 9.17) is 4.74 Å². The van der Waals surface area contributed by atoms with Crippen molar-refractivity contribution < 1.29 is 22.7 Å². The molecule has 0 saturated heterocycles. The van der Waals surface area contributed by atoms with Gasteiger partial charge in [-0.15, -0.1) is 10.2 Å². The fourth-order valence-electron chi connectivity index (χ4n) is 2.46. The van der Waals surface area contributed by atoms with Gasteiger partial charge in [0.15, 0.2) is 5.82 Å². The quantitative estimate of drug-likeness (QED) is 0.846. The maximum absolute atomic E-state index is 12.8. The number of fused-ring (bicyclic) bond motifs is 1. The second-order valence-corrected chi connectivity index (χ2v) is 5.04. The lowest BCUT2D eigenvalue weighted by Gasteiger charge is -2.28. The fourth-order valence-corrected chi connectivity index (χ4v) is 2.46. The Morgan fingerprint density at radius 2 is 1.87 bits per heavy atom. The number of hydrogen-bond donors (Lipinski definition) is 0. The molecule has 0 bridgehead atoms. The predicted molar refractivity (Wildman–Crippen MR) is 72.8 cm³/mol. The molecule has 1 aromatic carbocycles. The lowest BCUT2D eigenvalue weighted by atomic mass is 10.2. The Hall–Kier alpha value is -2.58. The molecule has 2 heterocycles. The van der Waals surface area contributed by atoms with Gasteiger partial charge < -0.3 is 14.2 Å². The molecule has 0 spiro atoms. The normalized spacial score (nSPS) is 14.5. The topological polar surface area (TPSA) is 60.2 Å². The standard InChI is InChI=1S/C14H13F3N4O2/c1-23-10-4-2-9(3-5-10)12(22)20-6-7-21-11(8-20)18-19-13(21)14(15,16)17/h2-5H,6-8H2,1H3. The summed E-state index contributed by atoms with van der Waals surface area (Å²) in [6.45, 7) is 0.173. The zero-order chi connectivity index (χ0) is 16.6. The fraction of sp³-hybridized carbons (Fsp3) is 0.357. The first-order valence-electron chi connectivity index (χ1n) is 6.83. The Kier molecular flexibility index (Phi) is 3.70. The summed E-state index contributed by atoms with van der Waals surface area (Å²) in [5.41, 5.74) is 0.440. The number of alkyl halides is 3. The molecule has 0 aliphatic carbocycles. The molecule has 0 N–H and O–H groups in total. The number of benzene rings is 1. The van der Waals surface area contributed by atoms with E-state index < -0.39 is 12.0 Å². The van der Waals surface area contributed by atoms with Crippen molar-refractivity contribution in [1.82, 2.24) is 19.7 Å². The molecule has 3 rings (SSSR count). The van der Waals surface area contributed by atoms with E-state index in [1.54, 1.807) is 24.3 Å². The van der Waals surface area contributed by atoms with Crippen molar-refractivity contribution in [3.63, 3.8) is 0 Å². The minimum Gasteiger partial charge on any atom is -0.497 e. The van der Waals surface area contributed by atoms with Crippen LogP contribution in [0.1, 0.15) is 22.0 Å². The van der Waals surface area contributed by atoms with E-state index in [0.717, 1.165) is 4.57 Å². The molecule has 1 amide bonds. The van der Waals surface area contributed by atoms with E-state index in [1.807, 2.05) is 0 Å². The number of rotatable bonds is 2. The van der Waals surface area contributed by atoms with Crippen LogP contribution < -0.4 is 4.74 Å². The maximum Gasteiger partial charge on any atom is 0.451 e. The van der Waals surface area contributed by atoms with Crippen molar-refractivity contribution in [2.75, 3.05) is 13.7 Å². The van der Waals surface area contributed by atoms with E-state index in [0.29, 0.717) is 11.3 Å². The number of nitrogens with zero attached hydrogens (tertiary/aromatic N) is 4. The van der Waals surface area contributed by atoms with Crippen LogP contribution in [0.4, 0.5) is 13.2 Å².